The van der Waals surface area contributed by atoms with Gasteiger partial charge in [0.15, 0.2) is 0 Å². The lowest BCUT2D eigenvalue weighted by Crippen LogP contribution is -2.40. The van der Waals surface area contributed by atoms with Gasteiger partial charge >= 0.3 is 0 Å². The number of carbonyl (C=O) groups is 1. The number of amides is 1. The Morgan fingerprint density at radius 2 is 1.97 bits per heavy atom. The van der Waals surface area contributed by atoms with Crippen LogP contribution in [0.25, 0.3) is 21.6 Å². The third-order valence-corrected chi connectivity index (χ3v) is 6.52. The van der Waals surface area contributed by atoms with Crippen LogP contribution in [-0.4, -0.2) is 49.1 Å². The van der Waals surface area contributed by atoms with Crippen molar-refractivity contribution in [1.82, 2.24) is 30.1 Å². The minimum Gasteiger partial charge on any atom is -0.341 e. The maximum atomic E-state index is 13.4. The third-order valence-electron chi connectivity index (χ3n) is 5.32. The van der Waals surface area contributed by atoms with Gasteiger partial charge in [0.05, 0.1) is 15.2 Å². The summed E-state index contributed by atoms with van der Waals surface area (Å²) in [7, 11) is 0. The molecule has 0 unspecified atom stereocenters. The molecule has 7 nitrogen and oxygen atoms in total. The van der Waals surface area contributed by atoms with Crippen LogP contribution in [0.3, 0.4) is 0 Å². The minimum absolute atomic E-state index is 0.0219. The van der Waals surface area contributed by atoms with E-state index < -0.39 is 0 Å². The Bertz CT molecular complexity index is 1160. The summed E-state index contributed by atoms with van der Waals surface area (Å²) in [5, 5.41) is 13.2. The van der Waals surface area contributed by atoms with Crippen molar-refractivity contribution in [3.05, 3.63) is 59.4 Å². The molecule has 0 bridgehead atoms. The van der Waals surface area contributed by atoms with Gasteiger partial charge in [-0.1, -0.05) is 24.3 Å². The number of thiazole rings is 1. The number of hydrogen-bond donors (Lipinski definition) is 0. The Hall–Kier alpha value is -3.20. The molecule has 0 radical (unpaired) electrons. The normalized spacial score (nSPS) is 15.0. The number of halogens is 1. The van der Waals surface area contributed by atoms with Gasteiger partial charge in [-0.25, -0.2) is 9.37 Å². The summed E-state index contributed by atoms with van der Waals surface area (Å²) in [5.41, 5.74) is 1.58. The van der Waals surface area contributed by atoms with Gasteiger partial charge in [0.2, 0.25) is 11.7 Å². The number of piperidine rings is 1. The van der Waals surface area contributed by atoms with Crippen LogP contribution in [-0.2, 0) is 11.3 Å². The molecule has 2 aromatic heterocycles. The molecule has 1 saturated heterocycles. The molecule has 1 fully saturated rings. The predicted octanol–water partition coefficient (Wildman–Crippen LogP) is 3.50. The maximum Gasteiger partial charge on any atom is 0.246 e. The fraction of sp³-hybridized carbons (Fsp3) is 0.286. The Morgan fingerprint density at radius 1 is 1.13 bits per heavy atom. The fourth-order valence-corrected chi connectivity index (χ4v) is 4.85. The number of aromatic nitrogens is 5. The minimum atomic E-state index is -0.365. The van der Waals surface area contributed by atoms with E-state index in [1.54, 1.807) is 23.5 Å². The van der Waals surface area contributed by atoms with Gasteiger partial charge in [0.1, 0.15) is 12.4 Å². The molecule has 152 valence electrons. The highest BCUT2D eigenvalue weighted by Gasteiger charge is 2.26. The summed E-state index contributed by atoms with van der Waals surface area (Å²) in [4.78, 5) is 20.6. The van der Waals surface area contributed by atoms with Crippen molar-refractivity contribution in [2.75, 3.05) is 13.1 Å². The fourth-order valence-electron chi connectivity index (χ4n) is 3.71. The number of carbonyl (C=O) groups excluding carboxylic acids is 1. The van der Waals surface area contributed by atoms with E-state index >= 15 is 0 Å². The monoisotopic (exact) mass is 422 g/mol. The molecule has 0 N–H and O–H groups in total. The van der Waals surface area contributed by atoms with E-state index in [1.165, 1.54) is 21.6 Å². The van der Waals surface area contributed by atoms with Gasteiger partial charge < -0.3 is 4.90 Å². The molecule has 2 aromatic carbocycles. The topological polar surface area (TPSA) is 76.8 Å². The van der Waals surface area contributed by atoms with Crippen LogP contribution >= 0.6 is 11.3 Å². The van der Waals surface area contributed by atoms with E-state index in [9.17, 15) is 9.18 Å². The van der Waals surface area contributed by atoms with E-state index in [2.05, 4.69) is 21.5 Å². The second-order valence-corrected chi connectivity index (χ2v) is 8.39. The standard InChI is InChI=1S/C21H19FN6OS/c22-16-5-3-4-15(12-16)20-24-26-28(25-20)13-19(29)27-10-8-14(9-11-27)21-23-17-6-1-2-7-18(17)30-21/h1-7,12,14H,8-11,13H2. The number of hydrogen-bond acceptors (Lipinski definition) is 6. The van der Waals surface area contributed by atoms with Crippen molar-refractivity contribution in [1.29, 1.82) is 0 Å². The third kappa shape index (κ3) is 3.80. The zero-order valence-corrected chi connectivity index (χ0v) is 16.9. The predicted molar refractivity (Wildman–Crippen MR) is 111 cm³/mol. The van der Waals surface area contributed by atoms with Crippen molar-refractivity contribution < 1.29 is 9.18 Å². The maximum absolute atomic E-state index is 13.4. The number of fused-ring (bicyclic) bond motifs is 1. The molecule has 1 aliphatic rings. The average Bonchev–Trinajstić information content (AvgIpc) is 3.41. The van der Waals surface area contributed by atoms with E-state index in [4.69, 9.17) is 4.98 Å². The molecule has 30 heavy (non-hydrogen) atoms. The summed E-state index contributed by atoms with van der Waals surface area (Å²) in [6, 6.07) is 14.2. The van der Waals surface area contributed by atoms with Gasteiger partial charge in [0.25, 0.3) is 0 Å². The smallest absolute Gasteiger partial charge is 0.246 e. The van der Waals surface area contributed by atoms with E-state index in [1.807, 2.05) is 23.1 Å². The second kappa shape index (κ2) is 7.91. The van der Waals surface area contributed by atoms with Gasteiger partial charge in [0, 0.05) is 24.6 Å². The van der Waals surface area contributed by atoms with Gasteiger partial charge in [-0.3, -0.25) is 4.79 Å². The Morgan fingerprint density at radius 3 is 2.77 bits per heavy atom. The lowest BCUT2D eigenvalue weighted by molar-refractivity contribution is -0.133. The van der Waals surface area contributed by atoms with Gasteiger partial charge in [-0.05, 0) is 42.3 Å². The van der Waals surface area contributed by atoms with Crippen molar-refractivity contribution in [3.8, 4) is 11.4 Å². The van der Waals surface area contributed by atoms with Gasteiger partial charge in [-0.15, -0.1) is 21.5 Å². The quantitative estimate of drug-likeness (QED) is 0.503. The number of likely N-dealkylation sites (tertiary alicyclic amines) is 1. The summed E-state index contributed by atoms with van der Waals surface area (Å²) >= 11 is 1.74. The molecular formula is C21H19FN6OS. The lowest BCUT2D eigenvalue weighted by Gasteiger charge is -2.30. The highest BCUT2D eigenvalue weighted by molar-refractivity contribution is 7.18. The van der Waals surface area contributed by atoms with Crippen LogP contribution in [0.4, 0.5) is 4.39 Å². The first kappa shape index (κ1) is 18.8. The zero-order chi connectivity index (χ0) is 20.5. The van der Waals surface area contributed by atoms with Crippen LogP contribution in [0.15, 0.2) is 48.5 Å². The van der Waals surface area contributed by atoms with Crippen LogP contribution in [0, 0.1) is 5.82 Å². The molecule has 5 rings (SSSR count). The molecule has 1 aliphatic heterocycles. The van der Waals surface area contributed by atoms with Crippen LogP contribution in [0.2, 0.25) is 0 Å². The molecule has 0 spiro atoms. The highest BCUT2D eigenvalue weighted by atomic mass is 32.1. The largest absolute Gasteiger partial charge is 0.341 e. The van der Waals surface area contributed by atoms with E-state index in [0.29, 0.717) is 30.4 Å². The number of nitrogens with zero attached hydrogens (tertiary/aromatic N) is 6. The van der Waals surface area contributed by atoms with E-state index in [0.717, 1.165) is 23.4 Å². The van der Waals surface area contributed by atoms with Crippen LogP contribution in [0.1, 0.15) is 23.8 Å². The van der Waals surface area contributed by atoms with Crippen molar-refractivity contribution in [2.45, 2.75) is 25.3 Å². The Kier molecular flexibility index (Phi) is 4.96. The molecule has 0 atom stereocenters. The molecule has 1 amide bonds. The Labute approximate surface area is 176 Å². The summed E-state index contributed by atoms with van der Waals surface area (Å²) in [5.74, 6) is 0.282. The number of rotatable bonds is 4. The summed E-state index contributed by atoms with van der Waals surface area (Å²) in [6.07, 6.45) is 1.79. The van der Waals surface area contributed by atoms with Crippen molar-refractivity contribution >= 4 is 27.5 Å². The van der Waals surface area contributed by atoms with Crippen molar-refractivity contribution in [3.63, 3.8) is 0 Å². The summed E-state index contributed by atoms with van der Waals surface area (Å²) < 4.78 is 14.6. The number of tetrazole rings is 1. The first-order chi connectivity index (χ1) is 14.7. The molecular weight excluding hydrogens is 403 g/mol. The zero-order valence-electron chi connectivity index (χ0n) is 16.1. The Balaban J connectivity index is 1.20. The number of benzene rings is 2. The lowest BCUT2D eigenvalue weighted by atomic mass is 9.97. The molecule has 9 heteroatoms. The molecule has 4 aromatic rings. The van der Waals surface area contributed by atoms with Crippen LogP contribution < -0.4 is 0 Å². The first-order valence-corrected chi connectivity index (χ1v) is 10.6. The summed E-state index contributed by atoms with van der Waals surface area (Å²) in [6.45, 7) is 1.39. The molecule has 0 aliphatic carbocycles. The first-order valence-electron chi connectivity index (χ1n) is 9.83. The molecule has 0 saturated carbocycles. The van der Waals surface area contributed by atoms with E-state index in [-0.39, 0.29) is 18.3 Å². The SMILES string of the molecule is O=C(Cn1nnc(-c2cccc(F)c2)n1)N1CCC(c2nc3ccccc3s2)CC1. The highest BCUT2D eigenvalue weighted by Crippen LogP contribution is 2.33. The van der Waals surface area contributed by atoms with Crippen molar-refractivity contribution in [2.24, 2.45) is 0 Å². The second-order valence-electron chi connectivity index (χ2n) is 7.33. The van der Waals surface area contributed by atoms with Crippen LogP contribution in [0.5, 0.6) is 0 Å². The van der Waals surface area contributed by atoms with Gasteiger partial charge in [-0.2, -0.15) is 4.80 Å². The number of para-hydroxylation sites is 1. The molecule has 3 heterocycles. The average molecular weight is 422 g/mol.